The van der Waals surface area contributed by atoms with Crippen LogP contribution < -0.4 is 4.74 Å². The number of hydrogen-bond donors (Lipinski definition) is 0. The van der Waals surface area contributed by atoms with Gasteiger partial charge in [-0.25, -0.2) is 0 Å². The summed E-state index contributed by atoms with van der Waals surface area (Å²) in [6.07, 6.45) is 1.97. The molecule has 1 radical (unpaired) electrons. The summed E-state index contributed by atoms with van der Waals surface area (Å²) in [5.41, 5.74) is 0.516. The van der Waals surface area contributed by atoms with Gasteiger partial charge in [0.2, 0.25) is 0 Å². The van der Waals surface area contributed by atoms with Crippen molar-refractivity contribution in [2.45, 2.75) is 19.8 Å². The highest BCUT2D eigenvalue weighted by Crippen LogP contribution is 2.20. The topological polar surface area (TPSA) is 56.8 Å². The summed E-state index contributed by atoms with van der Waals surface area (Å²) < 4.78 is 5.42. The molecule has 1 rings (SSSR count). The molecule has 1 aromatic carbocycles. The second-order valence-electron chi connectivity index (χ2n) is 3.02. The molecule has 0 aromatic heterocycles. The predicted molar refractivity (Wildman–Crippen MR) is 55.1 cm³/mol. The van der Waals surface area contributed by atoms with Gasteiger partial charge in [0.1, 0.15) is 23.5 Å². The van der Waals surface area contributed by atoms with E-state index in [1.54, 1.807) is 12.1 Å². The van der Waals surface area contributed by atoms with Crippen molar-refractivity contribution < 1.29 is 4.74 Å². The Morgan fingerprint density at radius 3 is 2.80 bits per heavy atom. The van der Waals surface area contributed by atoms with E-state index in [-0.39, 0.29) is 11.1 Å². The molecule has 15 heavy (non-hydrogen) atoms. The summed E-state index contributed by atoms with van der Waals surface area (Å²) in [5.74, 6) is 0.473. The van der Waals surface area contributed by atoms with Crippen molar-refractivity contribution in [3.63, 3.8) is 0 Å². The molecule has 0 saturated heterocycles. The highest BCUT2D eigenvalue weighted by molar-refractivity contribution is 5.53. The highest BCUT2D eigenvalue weighted by Gasteiger charge is 2.08. The normalized spacial score (nSPS) is 9.00. The van der Waals surface area contributed by atoms with E-state index in [9.17, 15) is 0 Å². The van der Waals surface area contributed by atoms with Gasteiger partial charge in [0.05, 0.1) is 12.2 Å². The SMILES string of the molecule is CCCCOc1cc[c]c(C#N)c1C#N. The van der Waals surface area contributed by atoms with E-state index in [0.717, 1.165) is 12.8 Å². The highest BCUT2D eigenvalue weighted by atomic mass is 16.5. The third kappa shape index (κ3) is 2.72. The summed E-state index contributed by atoms with van der Waals surface area (Å²) in [5, 5.41) is 17.6. The zero-order chi connectivity index (χ0) is 11.1. The van der Waals surface area contributed by atoms with Crippen molar-refractivity contribution in [2.75, 3.05) is 6.61 Å². The summed E-state index contributed by atoms with van der Waals surface area (Å²) in [4.78, 5) is 0. The van der Waals surface area contributed by atoms with Crippen LogP contribution in [0.15, 0.2) is 12.1 Å². The molecule has 0 aliphatic rings. The van der Waals surface area contributed by atoms with Crippen LogP contribution in [0.2, 0.25) is 0 Å². The second kappa shape index (κ2) is 5.67. The van der Waals surface area contributed by atoms with Crippen molar-refractivity contribution >= 4 is 0 Å². The number of rotatable bonds is 4. The first-order valence-corrected chi connectivity index (χ1v) is 4.81. The Morgan fingerprint density at radius 1 is 1.40 bits per heavy atom. The number of hydrogen-bond acceptors (Lipinski definition) is 3. The number of unbranched alkanes of at least 4 members (excludes halogenated alkanes) is 1. The van der Waals surface area contributed by atoms with Gasteiger partial charge in [-0.1, -0.05) is 13.3 Å². The minimum absolute atomic E-state index is 0.242. The van der Waals surface area contributed by atoms with Gasteiger partial charge in [0, 0.05) is 6.07 Å². The lowest BCUT2D eigenvalue weighted by atomic mass is 10.1. The zero-order valence-corrected chi connectivity index (χ0v) is 8.58. The predicted octanol–water partition coefficient (Wildman–Crippen LogP) is 2.41. The molecule has 0 atom stereocenters. The standard InChI is InChI=1S/C12H11N2O/c1-2-3-7-15-12-6-4-5-10(8-13)11(12)9-14/h4,6H,2-3,7H2,1H3. The van der Waals surface area contributed by atoms with Gasteiger partial charge < -0.3 is 4.74 Å². The van der Waals surface area contributed by atoms with E-state index < -0.39 is 0 Å². The van der Waals surface area contributed by atoms with E-state index >= 15 is 0 Å². The van der Waals surface area contributed by atoms with E-state index in [1.165, 1.54) is 0 Å². The van der Waals surface area contributed by atoms with Crippen LogP contribution in [0, 0.1) is 28.7 Å². The first-order valence-electron chi connectivity index (χ1n) is 4.81. The van der Waals surface area contributed by atoms with Crippen molar-refractivity contribution in [3.8, 4) is 17.9 Å². The molecule has 0 spiro atoms. The maximum absolute atomic E-state index is 8.89. The Labute approximate surface area is 89.5 Å². The van der Waals surface area contributed by atoms with Gasteiger partial charge in [-0.3, -0.25) is 0 Å². The first-order chi connectivity index (χ1) is 7.33. The molecule has 3 nitrogen and oxygen atoms in total. The largest absolute Gasteiger partial charge is 0.492 e. The fourth-order valence-electron chi connectivity index (χ4n) is 1.13. The lowest BCUT2D eigenvalue weighted by molar-refractivity contribution is 0.308. The van der Waals surface area contributed by atoms with Crippen LogP contribution >= 0.6 is 0 Å². The van der Waals surface area contributed by atoms with Crippen molar-refractivity contribution in [2.24, 2.45) is 0 Å². The van der Waals surface area contributed by atoms with Gasteiger partial charge >= 0.3 is 0 Å². The Balaban J connectivity index is 2.89. The molecule has 0 amide bonds. The maximum Gasteiger partial charge on any atom is 0.138 e. The third-order valence-corrected chi connectivity index (χ3v) is 1.94. The van der Waals surface area contributed by atoms with Crippen molar-refractivity contribution in [3.05, 3.63) is 29.3 Å². The minimum Gasteiger partial charge on any atom is -0.492 e. The Bertz CT molecular complexity index is 413. The molecular weight excluding hydrogens is 188 g/mol. The molecular formula is C12H11N2O. The van der Waals surface area contributed by atoms with Gasteiger partial charge in [-0.2, -0.15) is 10.5 Å². The van der Waals surface area contributed by atoms with Crippen LogP contribution in [-0.2, 0) is 0 Å². The van der Waals surface area contributed by atoms with Crippen LogP contribution in [0.5, 0.6) is 5.75 Å². The van der Waals surface area contributed by atoms with Crippen LogP contribution in [0.4, 0.5) is 0 Å². The third-order valence-electron chi connectivity index (χ3n) is 1.94. The zero-order valence-electron chi connectivity index (χ0n) is 8.58. The fourth-order valence-corrected chi connectivity index (χ4v) is 1.13. The van der Waals surface area contributed by atoms with Crippen LogP contribution in [0.3, 0.4) is 0 Å². The molecule has 0 aliphatic carbocycles. The molecule has 0 N–H and O–H groups in total. The smallest absolute Gasteiger partial charge is 0.138 e. The van der Waals surface area contributed by atoms with Gasteiger partial charge in [0.25, 0.3) is 0 Å². The molecule has 3 heteroatoms. The quantitative estimate of drug-likeness (QED) is 0.699. The molecule has 0 saturated carbocycles. The fraction of sp³-hybridized carbons (Fsp3) is 0.333. The van der Waals surface area contributed by atoms with Gasteiger partial charge in [0.15, 0.2) is 0 Å². The Hall–Kier alpha value is -2.00. The monoisotopic (exact) mass is 199 g/mol. The first kappa shape index (κ1) is 11.1. The van der Waals surface area contributed by atoms with E-state index in [1.807, 2.05) is 12.1 Å². The summed E-state index contributed by atoms with van der Waals surface area (Å²) in [6, 6.07) is 9.85. The molecule has 0 fully saturated rings. The number of benzene rings is 1. The van der Waals surface area contributed by atoms with E-state index in [2.05, 4.69) is 13.0 Å². The average Bonchev–Trinajstić information content (AvgIpc) is 2.29. The van der Waals surface area contributed by atoms with Gasteiger partial charge in [-0.15, -0.1) is 0 Å². The Morgan fingerprint density at radius 2 is 2.20 bits per heavy atom. The minimum atomic E-state index is 0.242. The van der Waals surface area contributed by atoms with Crippen molar-refractivity contribution in [1.82, 2.24) is 0 Å². The van der Waals surface area contributed by atoms with Gasteiger partial charge in [-0.05, 0) is 18.6 Å². The summed E-state index contributed by atoms with van der Waals surface area (Å²) in [6.45, 7) is 2.63. The number of nitriles is 2. The molecule has 0 bridgehead atoms. The molecule has 1 aromatic rings. The van der Waals surface area contributed by atoms with E-state index in [4.69, 9.17) is 15.3 Å². The van der Waals surface area contributed by atoms with Crippen LogP contribution in [0.1, 0.15) is 30.9 Å². The van der Waals surface area contributed by atoms with Crippen LogP contribution in [-0.4, -0.2) is 6.61 Å². The van der Waals surface area contributed by atoms with E-state index in [0.29, 0.717) is 12.4 Å². The second-order valence-corrected chi connectivity index (χ2v) is 3.02. The van der Waals surface area contributed by atoms with Crippen LogP contribution in [0.25, 0.3) is 0 Å². The molecule has 75 valence electrons. The molecule has 0 unspecified atom stereocenters. The lowest BCUT2D eigenvalue weighted by Crippen LogP contribution is -1.99. The molecule has 0 aliphatic heterocycles. The number of ether oxygens (including phenoxy) is 1. The maximum atomic E-state index is 8.89. The van der Waals surface area contributed by atoms with Crippen molar-refractivity contribution in [1.29, 1.82) is 10.5 Å². The summed E-state index contributed by atoms with van der Waals surface area (Å²) >= 11 is 0. The average molecular weight is 199 g/mol. The Kier molecular flexibility index (Phi) is 4.19. The number of nitrogens with zero attached hydrogens (tertiary/aromatic N) is 2. The summed E-state index contributed by atoms with van der Waals surface area (Å²) in [7, 11) is 0. The molecule has 0 heterocycles. The lowest BCUT2D eigenvalue weighted by Gasteiger charge is -2.07.